The molecule has 0 bridgehead atoms. The summed E-state index contributed by atoms with van der Waals surface area (Å²) < 4.78 is 0. The van der Waals surface area contributed by atoms with Gasteiger partial charge in [-0.15, -0.1) is 0 Å². The van der Waals surface area contributed by atoms with Crippen LogP contribution >= 0.6 is 0 Å². The lowest BCUT2D eigenvalue weighted by molar-refractivity contribution is 0.282. The molecule has 0 fully saturated rings. The number of hydrogen-bond donors (Lipinski definition) is 1. The highest BCUT2D eigenvalue weighted by atomic mass is 16.3. The van der Waals surface area contributed by atoms with Gasteiger partial charge < -0.3 is 5.11 Å². The van der Waals surface area contributed by atoms with Crippen LogP contribution in [0.5, 0.6) is 0 Å². The zero-order valence-corrected chi connectivity index (χ0v) is 7.85. The summed E-state index contributed by atoms with van der Waals surface area (Å²) in [6.07, 6.45) is 0. The Morgan fingerprint density at radius 3 is 2.21 bits per heavy atom. The van der Waals surface area contributed by atoms with Crippen molar-refractivity contribution < 1.29 is 5.11 Å². The highest BCUT2D eigenvalue weighted by Crippen LogP contribution is 2.19. The van der Waals surface area contributed by atoms with E-state index in [0.717, 1.165) is 11.1 Å². The van der Waals surface area contributed by atoms with Crippen molar-refractivity contribution in [3.63, 3.8) is 0 Å². The predicted molar refractivity (Wildman–Crippen MR) is 57.8 cm³/mol. The van der Waals surface area contributed by atoms with Gasteiger partial charge in [0, 0.05) is 0 Å². The molecule has 0 amide bonds. The van der Waals surface area contributed by atoms with Crippen molar-refractivity contribution in [2.45, 2.75) is 6.61 Å². The molecular formula is C13H12O. The van der Waals surface area contributed by atoms with E-state index in [1.165, 1.54) is 5.56 Å². The molecule has 2 rings (SSSR count). The maximum atomic E-state index is 9.01. The summed E-state index contributed by atoms with van der Waals surface area (Å²) in [6, 6.07) is 18.1. The molecule has 0 aromatic heterocycles. The van der Waals surface area contributed by atoms with Crippen molar-refractivity contribution in [3.8, 4) is 11.1 Å². The molecule has 1 N–H and O–H groups in total. The quantitative estimate of drug-likeness (QED) is 0.760. The Morgan fingerprint density at radius 2 is 1.50 bits per heavy atom. The summed E-state index contributed by atoms with van der Waals surface area (Å²) in [5, 5.41) is 9.01. The van der Waals surface area contributed by atoms with Gasteiger partial charge in [0.15, 0.2) is 0 Å². The van der Waals surface area contributed by atoms with E-state index in [2.05, 4.69) is 18.2 Å². The first kappa shape index (κ1) is 8.97. The van der Waals surface area contributed by atoms with Crippen molar-refractivity contribution in [3.05, 3.63) is 60.2 Å². The standard InChI is InChI=1S/C13H12O/c14-10-11-5-4-8-13(9-11)12-6-2-1-3-7-12/h1-9,14H,10H2. The molecule has 0 aliphatic carbocycles. The first-order valence-electron chi connectivity index (χ1n) is 4.65. The van der Waals surface area contributed by atoms with E-state index >= 15 is 0 Å². The smallest absolute Gasteiger partial charge is 0.0682 e. The minimum atomic E-state index is 0.0979. The fourth-order valence-corrected chi connectivity index (χ4v) is 1.48. The fraction of sp³-hybridized carbons (Fsp3) is 0.0769. The summed E-state index contributed by atoms with van der Waals surface area (Å²) in [4.78, 5) is 0. The largest absolute Gasteiger partial charge is 0.392 e. The second-order valence-electron chi connectivity index (χ2n) is 3.22. The molecule has 1 heteroatoms. The Kier molecular flexibility index (Phi) is 2.61. The van der Waals surface area contributed by atoms with Crippen LogP contribution in [0.1, 0.15) is 5.56 Å². The maximum Gasteiger partial charge on any atom is 0.0682 e. The molecule has 0 aliphatic rings. The van der Waals surface area contributed by atoms with Crippen LogP contribution in [0.3, 0.4) is 0 Å². The van der Waals surface area contributed by atoms with E-state index in [1.807, 2.05) is 36.4 Å². The molecule has 0 spiro atoms. The van der Waals surface area contributed by atoms with Gasteiger partial charge in [-0.1, -0.05) is 48.5 Å². The number of aliphatic hydroxyl groups is 1. The van der Waals surface area contributed by atoms with E-state index in [0.29, 0.717) is 0 Å². The number of benzene rings is 2. The second-order valence-corrected chi connectivity index (χ2v) is 3.22. The van der Waals surface area contributed by atoms with Crippen LogP contribution in [0.15, 0.2) is 54.6 Å². The van der Waals surface area contributed by atoms with Crippen LogP contribution in [0.2, 0.25) is 0 Å². The summed E-state index contributed by atoms with van der Waals surface area (Å²) in [7, 11) is 0. The number of hydrogen-bond acceptors (Lipinski definition) is 1. The van der Waals surface area contributed by atoms with E-state index in [1.54, 1.807) is 0 Å². The molecule has 0 heterocycles. The van der Waals surface area contributed by atoms with E-state index in [-0.39, 0.29) is 6.61 Å². The molecule has 0 unspecified atom stereocenters. The molecule has 0 saturated heterocycles. The lowest BCUT2D eigenvalue weighted by atomic mass is 10.0. The molecule has 70 valence electrons. The van der Waals surface area contributed by atoms with Gasteiger partial charge in [-0.05, 0) is 22.8 Å². The minimum absolute atomic E-state index is 0.0979. The zero-order valence-electron chi connectivity index (χ0n) is 7.85. The van der Waals surface area contributed by atoms with Crippen LogP contribution in [0, 0.1) is 0 Å². The van der Waals surface area contributed by atoms with Crippen molar-refractivity contribution >= 4 is 0 Å². The topological polar surface area (TPSA) is 20.2 Å². The Morgan fingerprint density at radius 1 is 0.786 bits per heavy atom. The molecule has 14 heavy (non-hydrogen) atoms. The van der Waals surface area contributed by atoms with Crippen LogP contribution < -0.4 is 0 Å². The SMILES string of the molecule is OCc1cccc(-c2ccccc2)c1. The molecule has 2 aromatic rings. The van der Waals surface area contributed by atoms with Gasteiger partial charge in [-0.25, -0.2) is 0 Å². The van der Waals surface area contributed by atoms with E-state index < -0.39 is 0 Å². The highest BCUT2D eigenvalue weighted by Gasteiger charge is 1.96. The van der Waals surface area contributed by atoms with Gasteiger partial charge in [0.25, 0.3) is 0 Å². The monoisotopic (exact) mass is 184 g/mol. The lowest BCUT2D eigenvalue weighted by Crippen LogP contribution is -1.83. The lowest BCUT2D eigenvalue weighted by Gasteiger charge is -2.02. The van der Waals surface area contributed by atoms with Crippen LogP contribution in [-0.2, 0) is 6.61 Å². The van der Waals surface area contributed by atoms with Gasteiger partial charge in [0.2, 0.25) is 0 Å². The average Bonchev–Trinajstić information content (AvgIpc) is 2.30. The minimum Gasteiger partial charge on any atom is -0.392 e. The van der Waals surface area contributed by atoms with Gasteiger partial charge in [-0.2, -0.15) is 0 Å². The predicted octanol–water partition coefficient (Wildman–Crippen LogP) is 2.85. The van der Waals surface area contributed by atoms with Gasteiger partial charge in [0.1, 0.15) is 0 Å². The second kappa shape index (κ2) is 4.07. The molecule has 0 saturated carbocycles. The van der Waals surface area contributed by atoms with Crippen molar-refractivity contribution in [1.82, 2.24) is 0 Å². The van der Waals surface area contributed by atoms with Gasteiger partial charge >= 0.3 is 0 Å². The first-order valence-corrected chi connectivity index (χ1v) is 4.65. The Bertz CT molecular complexity index is 407. The third-order valence-electron chi connectivity index (χ3n) is 2.22. The molecule has 0 radical (unpaired) electrons. The van der Waals surface area contributed by atoms with Crippen molar-refractivity contribution in [2.24, 2.45) is 0 Å². The van der Waals surface area contributed by atoms with Crippen LogP contribution in [0.4, 0.5) is 0 Å². The molecule has 0 atom stereocenters. The highest BCUT2D eigenvalue weighted by molar-refractivity contribution is 5.63. The summed E-state index contributed by atoms with van der Waals surface area (Å²) >= 11 is 0. The Hall–Kier alpha value is -1.60. The fourth-order valence-electron chi connectivity index (χ4n) is 1.48. The van der Waals surface area contributed by atoms with E-state index in [9.17, 15) is 0 Å². The zero-order chi connectivity index (χ0) is 9.80. The van der Waals surface area contributed by atoms with Crippen LogP contribution in [-0.4, -0.2) is 5.11 Å². The van der Waals surface area contributed by atoms with Crippen LogP contribution in [0.25, 0.3) is 11.1 Å². The summed E-state index contributed by atoms with van der Waals surface area (Å²) in [6.45, 7) is 0.0979. The van der Waals surface area contributed by atoms with Gasteiger partial charge in [-0.3, -0.25) is 0 Å². The first-order chi connectivity index (χ1) is 6.90. The third kappa shape index (κ3) is 1.83. The molecule has 1 nitrogen and oxygen atoms in total. The molecule has 2 aromatic carbocycles. The molecule has 0 aliphatic heterocycles. The number of rotatable bonds is 2. The van der Waals surface area contributed by atoms with Gasteiger partial charge in [0.05, 0.1) is 6.61 Å². The molecular weight excluding hydrogens is 172 g/mol. The normalized spacial score (nSPS) is 10.1. The third-order valence-corrected chi connectivity index (χ3v) is 2.22. The van der Waals surface area contributed by atoms with Crippen molar-refractivity contribution in [2.75, 3.05) is 0 Å². The average molecular weight is 184 g/mol. The maximum absolute atomic E-state index is 9.01. The van der Waals surface area contributed by atoms with E-state index in [4.69, 9.17) is 5.11 Å². The summed E-state index contributed by atoms with van der Waals surface area (Å²) in [5.41, 5.74) is 3.28. The number of aliphatic hydroxyl groups excluding tert-OH is 1. The summed E-state index contributed by atoms with van der Waals surface area (Å²) in [5.74, 6) is 0. The Labute approximate surface area is 83.6 Å². The Balaban J connectivity index is 2.42. The van der Waals surface area contributed by atoms with Crippen molar-refractivity contribution in [1.29, 1.82) is 0 Å².